The fourth-order valence-electron chi connectivity index (χ4n) is 1.53. The number of rotatable bonds is 1. The summed E-state index contributed by atoms with van der Waals surface area (Å²) in [4.78, 5) is 10.7. The van der Waals surface area contributed by atoms with Gasteiger partial charge in [-0.15, -0.1) is 0 Å². The lowest BCUT2D eigenvalue weighted by atomic mass is 10.1. The van der Waals surface area contributed by atoms with Crippen LogP contribution in [0.1, 0.15) is 5.56 Å². The highest BCUT2D eigenvalue weighted by atomic mass is 35.5. The van der Waals surface area contributed by atoms with E-state index in [1.807, 2.05) is 0 Å². The van der Waals surface area contributed by atoms with Crippen LogP contribution < -0.4 is 5.32 Å². The first kappa shape index (κ1) is 9.27. The molecule has 1 aromatic carbocycles. The molecule has 3 nitrogen and oxygen atoms in total. The van der Waals surface area contributed by atoms with E-state index in [9.17, 15) is 9.18 Å². The molecular weight excluding hydrogens is 209 g/mol. The molecule has 0 bridgehead atoms. The minimum atomic E-state index is -0.960. The molecule has 1 atom stereocenters. The van der Waals surface area contributed by atoms with Crippen molar-refractivity contribution in [3.63, 3.8) is 0 Å². The molecule has 0 aliphatic carbocycles. The monoisotopic (exact) mass is 215 g/mol. The molecule has 1 aliphatic rings. The van der Waals surface area contributed by atoms with Crippen LogP contribution in [0.3, 0.4) is 0 Å². The number of carboxylic acids is 1. The number of benzene rings is 1. The van der Waals surface area contributed by atoms with Crippen molar-refractivity contribution in [3.8, 4) is 0 Å². The fourth-order valence-corrected chi connectivity index (χ4v) is 1.81. The SMILES string of the molecule is O=C(O)[C@@H]1Cc2c(Cl)cc(F)cc2N1. The molecule has 0 radical (unpaired) electrons. The van der Waals surface area contributed by atoms with Gasteiger partial charge in [0.25, 0.3) is 0 Å². The van der Waals surface area contributed by atoms with Gasteiger partial charge in [0, 0.05) is 17.1 Å². The first-order chi connectivity index (χ1) is 6.58. The lowest BCUT2D eigenvalue weighted by Crippen LogP contribution is -2.26. The van der Waals surface area contributed by atoms with Crippen molar-refractivity contribution in [2.75, 3.05) is 5.32 Å². The maximum atomic E-state index is 12.9. The Kier molecular flexibility index (Phi) is 2.07. The second-order valence-electron chi connectivity index (χ2n) is 3.15. The van der Waals surface area contributed by atoms with Gasteiger partial charge in [0.2, 0.25) is 0 Å². The Morgan fingerprint density at radius 2 is 2.36 bits per heavy atom. The van der Waals surface area contributed by atoms with E-state index in [2.05, 4.69) is 5.32 Å². The number of fused-ring (bicyclic) bond motifs is 1. The number of aliphatic carboxylic acids is 1. The van der Waals surface area contributed by atoms with Gasteiger partial charge in [-0.1, -0.05) is 11.6 Å². The predicted molar refractivity (Wildman–Crippen MR) is 50.2 cm³/mol. The molecule has 0 saturated carbocycles. The molecule has 2 rings (SSSR count). The standard InChI is InChI=1S/C9H7ClFNO2/c10-6-1-4(11)2-7-5(6)3-8(12-7)9(13)14/h1-2,8,12H,3H2,(H,13,14)/t8-/m0/s1. The van der Waals surface area contributed by atoms with Crippen LogP contribution in [0.2, 0.25) is 5.02 Å². The third-order valence-corrected chi connectivity index (χ3v) is 2.53. The first-order valence-electron chi connectivity index (χ1n) is 4.05. The van der Waals surface area contributed by atoms with Crippen LogP contribution in [-0.4, -0.2) is 17.1 Å². The van der Waals surface area contributed by atoms with Crippen LogP contribution in [0.15, 0.2) is 12.1 Å². The maximum Gasteiger partial charge on any atom is 0.326 e. The summed E-state index contributed by atoms with van der Waals surface area (Å²) < 4.78 is 12.9. The van der Waals surface area contributed by atoms with E-state index in [1.165, 1.54) is 12.1 Å². The largest absolute Gasteiger partial charge is 0.480 e. The number of nitrogens with one attached hydrogen (secondary N) is 1. The smallest absolute Gasteiger partial charge is 0.326 e. The van der Waals surface area contributed by atoms with Crippen molar-refractivity contribution in [2.24, 2.45) is 0 Å². The van der Waals surface area contributed by atoms with E-state index < -0.39 is 17.8 Å². The normalized spacial score (nSPS) is 18.9. The molecule has 74 valence electrons. The average Bonchev–Trinajstić information content (AvgIpc) is 2.47. The predicted octanol–water partition coefficient (Wildman–Crippen LogP) is 1.90. The average molecular weight is 216 g/mol. The molecule has 0 spiro atoms. The Labute approximate surface area is 84.5 Å². The minimum Gasteiger partial charge on any atom is -0.480 e. The Morgan fingerprint density at radius 3 is 3.00 bits per heavy atom. The molecule has 1 heterocycles. The molecule has 0 aromatic heterocycles. The quantitative estimate of drug-likeness (QED) is 0.752. The molecule has 1 aromatic rings. The summed E-state index contributed by atoms with van der Waals surface area (Å²) in [6, 6.07) is 1.74. The van der Waals surface area contributed by atoms with Gasteiger partial charge in [0.15, 0.2) is 0 Å². The Balaban J connectivity index is 2.39. The van der Waals surface area contributed by atoms with E-state index >= 15 is 0 Å². The number of hydrogen-bond donors (Lipinski definition) is 2. The van der Waals surface area contributed by atoms with Crippen molar-refractivity contribution < 1.29 is 14.3 Å². The van der Waals surface area contributed by atoms with E-state index in [0.717, 1.165) is 0 Å². The number of carboxylic acid groups (broad SMARTS) is 1. The minimum absolute atomic E-state index is 0.274. The van der Waals surface area contributed by atoms with Crippen LogP contribution >= 0.6 is 11.6 Å². The zero-order valence-electron chi connectivity index (χ0n) is 7.05. The van der Waals surface area contributed by atoms with E-state index in [1.54, 1.807) is 0 Å². The third-order valence-electron chi connectivity index (χ3n) is 2.20. The fraction of sp³-hybridized carbons (Fsp3) is 0.222. The molecule has 0 saturated heterocycles. The van der Waals surface area contributed by atoms with E-state index in [4.69, 9.17) is 16.7 Å². The molecule has 2 N–H and O–H groups in total. The molecule has 1 aliphatic heterocycles. The zero-order chi connectivity index (χ0) is 10.3. The van der Waals surface area contributed by atoms with Gasteiger partial charge < -0.3 is 10.4 Å². The molecule has 0 unspecified atom stereocenters. The summed E-state index contributed by atoms with van der Waals surface area (Å²) in [5.41, 5.74) is 1.14. The molecule has 0 amide bonds. The summed E-state index contributed by atoms with van der Waals surface area (Å²) in [6.45, 7) is 0. The number of carbonyl (C=O) groups is 1. The molecule has 5 heteroatoms. The first-order valence-corrected chi connectivity index (χ1v) is 4.43. The van der Waals surface area contributed by atoms with Gasteiger partial charge in [-0.25, -0.2) is 9.18 Å². The number of hydrogen-bond acceptors (Lipinski definition) is 2. The van der Waals surface area contributed by atoms with Crippen molar-refractivity contribution in [3.05, 3.63) is 28.5 Å². The van der Waals surface area contributed by atoms with Crippen molar-refractivity contribution in [2.45, 2.75) is 12.5 Å². The Bertz CT molecular complexity index is 408. The maximum absolute atomic E-state index is 12.9. The van der Waals surface area contributed by atoms with E-state index in [-0.39, 0.29) is 5.02 Å². The number of halogens is 2. The van der Waals surface area contributed by atoms with Crippen molar-refractivity contribution in [1.29, 1.82) is 0 Å². The van der Waals surface area contributed by atoms with Gasteiger partial charge in [0.05, 0.1) is 0 Å². The van der Waals surface area contributed by atoms with Gasteiger partial charge in [-0.3, -0.25) is 0 Å². The summed E-state index contributed by atoms with van der Waals surface area (Å²) in [7, 11) is 0. The zero-order valence-corrected chi connectivity index (χ0v) is 7.81. The van der Waals surface area contributed by atoms with Crippen molar-refractivity contribution in [1.82, 2.24) is 0 Å². The van der Waals surface area contributed by atoms with E-state index in [0.29, 0.717) is 17.7 Å². The van der Waals surface area contributed by atoms with Crippen LogP contribution in [0.5, 0.6) is 0 Å². The lowest BCUT2D eigenvalue weighted by Gasteiger charge is -2.03. The highest BCUT2D eigenvalue weighted by molar-refractivity contribution is 6.32. The highest BCUT2D eigenvalue weighted by Gasteiger charge is 2.28. The van der Waals surface area contributed by atoms with Crippen LogP contribution in [0.25, 0.3) is 0 Å². The van der Waals surface area contributed by atoms with Gasteiger partial charge in [0.1, 0.15) is 11.9 Å². The Hall–Kier alpha value is -1.29. The second-order valence-corrected chi connectivity index (χ2v) is 3.56. The third kappa shape index (κ3) is 1.42. The second kappa shape index (κ2) is 3.13. The van der Waals surface area contributed by atoms with Crippen LogP contribution in [0, 0.1) is 5.82 Å². The Morgan fingerprint density at radius 1 is 1.64 bits per heavy atom. The van der Waals surface area contributed by atoms with Gasteiger partial charge in [-0.2, -0.15) is 0 Å². The summed E-state index contributed by atoms with van der Waals surface area (Å²) >= 11 is 5.77. The topological polar surface area (TPSA) is 49.3 Å². The molecule has 14 heavy (non-hydrogen) atoms. The molecular formula is C9H7ClFNO2. The highest BCUT2D eigenvalue weighted by Crippen LogP contribution is 2.32. The number of anilines is 1. The summed E-state index contributed by atoms with van der Waals surface area (Å²) in [5, 5.41) is 11.7. The lowest BCUT2D eigenvalue weighted by molar-refractivity contribution is -0.137. The summed E-state index contributed by atoms with van der Waals surface area (Å²) in [6.07, 6.45) is 0.295. The van der Waals surface area contributed by atoms with Gasteiger partial charge >= 0.3 is 5.97 Å². The van der Waals surface area contributed by atoms with Gasteiger partial charge in [-0.05, 0) is 17.7 Å². The van der Waals surface area contributed by atoms with Crippen LogP contribution in [0.4, 0.5) is 10.1 Å². The summed E-state index contributed by atoms with van der Waals surface area (Å²) in [5.74, 6) is -1.43. The van der Waals surface area contributed by atoms with Crippen molar-refractivity contribution >= 4 is 23.3 Å². The molecule has 0 fully saturated rings. The van der Waals surface area contributed by atoms with Crippen LogP contribution in [-0.2, 0) is 11.2 Å².